The summed E-state index contributed by atoms with van der Waals surface area (Å²) >= 11 is 0. The van der Waals surface area contributed by atoms with Gasteiger partial charge in [0.15, 0.2) is 5.82 Å². The molecule has 1 aromatic heterocycles. The predicted molar refractivity (Wildman–Crippen MR) is 56.7 cm³/mol. The van der Waals surface area contributed by atoms with Crippen LogP contribution in [0.25, 0.3) is 0 Å². The summed E-state index contributed by atoms with van der Waals surface area (Å²) in [5, 5.41) is 3.18. The molecule has 2 aromatic rings. The molecule has 4 nitrogen and oxygen atoms in total. The molecule has 0 fully saturated rings. The molecule has 0 saturated heterocycles. The summed E-state index contributed by atoms with van der Waals surface area (Å²) in [4.78, 5) is 3.29. The van der Waals surface area contributed by atoms with Gasteiger partial charge in [0.05, 0.1) is 11.6 Å². The van der Waals surface area contributed by atoms with Crippen LogP contribution in [0.4, 0.5) is 22.0 Å². The van der Waals surface area contributed by atoms with Crippen LogP contribution < -0.4 is 5.73 Å². The highest BCUT2D eigenvalue weighted by Crippen LogP contribution is 2.35. The van der Waals surface area contributed by atoms with Gasteiger partial charge in [-0.1, -0.05) is 23.4 Å². The van der Waals surface area contributed by atoms with Gasteiger partial charge in [-0.05, 0) is 11.6 Å². The Balaban J connectivity index is 2.40. The minimum absolute atomic E-state index is 0.318. The van der Waals surface area contributed by atoms with Gasteiger partial charge in [-0.15, -0.1) is 0 Å². The standard InChI is InChI=1S/C11H8F5N3O/c12-8(13)10-18-9(19-20-10)7(17)5-3-1-2-4-6(5)11(14,15)16/h1-4,7-8H,17H2. The average Bonchev–Trinajstić information content (AvgIpc) is 2.86. The molecular formula is C11H8F5N3O. The number of rotatable bonds is 3. The number of hydrogen-bond donors (Lipinski definition) is 1. The van der Waals surface area contributed by atoms with Crippen LogP contribution in [0.2, 0.25) is 0 Å². The minimum atomic E-state index is -4.62. The van der Waals surface area contributed by atoms with Gasteiger partial charge in [0.25, 0.3) is 5.89 Å². The Hall–Kier alpha value is -2.03. The lowest BCUT2D eigenvalue weighted by atomic mass is 10.00. The Labute approximate surface area is 109 Å². The molecule has 0 radical (unpaired) electrons. The molecule has 1 unspecified atom stereocenters. The van der Waals surface area contributed by atoms with E-state index in [9.17, 15) is 22.0 Å². The first-order valence-electron chi connectivity index (χ1n) is 5.34. The number of hydrogen-bond acceptors (Lipinski definition) is 4. The average molecular weight is 293 g/mol. The van der Waals surface area contributed by atoms with Crippen molar-refractivity contribution in [2.24, 2.45) is 5.73 Å². The van der Waals surface area contributed by atoms with Crippen molar-refractivity contribution in [1.29, 1.82) is 0 Å². The molecule has 20 heavy (non-hydrogen) atoms. The van der Waals surface area contributed by atoms with E-state index in [-0.39, 0.29) is 5.56 Å². The summed E-state index contributed by atoms with van der Waals surface area (Å²) in [5.74, 6) is -1.42. The first-order chi connectivity index (χ1) is 9.30. The summed E-state index contributed by atoms with van der Waals surface area (Å²) in [6.45, 7) is 0. The van der Waals surface area contributed by atoms with E-state index in [1.54, 1.807) is 0 Å². The van der Waals surface area contributed by atoms with Crippen molar-refractivity contribution in [1.82, 2.24) is 10.1 Å². The number of nitrogens with two attached hydrogens (primary N) is 1. The first kappa shape index (κ1) is 14.4. The van der Waals surface area contributed by atoms with E-state index in [4.69, 9.17) is 5.73 Å². The Morgan fingerprint density at radius 1 is 1.15 bits per heavy atom. The lowest BCUT2D eigenvalue weighted by molar-refractivity contribution is -0.138. The zero-order valence-electron chi connectivity index (χ0n) is 9.73. The Bertz CT molecular complexity index is 596. The molecule has 2 N–H and O–H groups in total. The van der Waals surface area contributed by atoms with Gasteiger partial charge in [0.2, 0.25) is 0 Å². The zero-order chi connectivity index (χ0) is 14.9. The van der Waals surface area contributed by atoms with Crippen LogP contribution in [0.5, 0.6) is 0 Å². The first-order valence-corrected chi connectivity index (χ1v) is 5.34. The summed E-state index contributed by atoms with van der Waals surface area (Å²) < 4.78 is 67.3. The van der Waals surface area contributed by atoms with E-state index in [1.807, 2.05) is 0 Å². The molecule has 0 aliphatic heterocycles. The highest BCUT2D eigenvalue weighted by atomic mass is 19.4. The van der Waals surface area contributed by atoms with E-state index in [1.165, 1.54) is 12.1 Å². The lowest BCUT2D eigenvalue weighted by Gasteiger charge is -2.15. The topological polar surface area (TPSA) is 64.9 Å². The molecule has 1 aromatic carbocycles. The number of halogens is 5. The highest BCUT2D eigenvalue weighted by molar-refractivity contribution is 5.35. The Kier molecular flexibility index (Phi) is 3.71. The summed E-state index contributed by atoms with van der Waals surface area (Å²) in [6, 6.07) is 3.09. The van der Waals surface area contributed by atoms with Gasteiger partial charge < -0.3 is 10.3 Å². The van der Waals surface area contributed by atoms with Crippen LogP contribution in [-0.2, 0) is 6.18 Å². The Morgan fingerprint density at radius 2 is 1.80 bits per heavy atom. The summed E-state index contributed by atoms with van der Waals surface area (Å²) in [6.07, 6.45) is -7.63. The van der Waals surface area contributed by atoms with Gasteiger partial charge in [-0.25, -0.2) is 0 Å². The van der Waals surface area contributed by atoms with E-state index in [0.717, 1.165) is 12.1 Å². The third-order valence-electron chi connectivity index (χ3n) is 2.52. The molecule has 0 bridgehead atoms. The van der Waals surface area contributed by atoms with Crippen molar-refractivity contribution in [3.63, 3.8) is 0 Å². The van der Waals surface area contributed by atoms with E-state index >= 15 is 0 Å². The molecule has 0 amide bonds. The van der Waals surface area contributed by atoms with Crippen molar-refractivity contribution in [2.75, 3.05) is 0 Å². The summed E-state index contributed by atoms with van der Waals surface area (Å²) in [5.41, 5.74) is 4.30. The predicted octanol–water partition coefficient (Wildman–Crippen LogP) is 3.07. The maximum atomic E-state index is 12.8. The zero-order valence-corrected chi connectivity index (χ0v) is 9.73. The van der Waals surface area contributed by atoms with Crippen LogP contribution >= 0.6 is 0 Å². The molecule has 0 aliphatic rings. The van der Waals surface area contributed by atoms with E-state index in [2.05, 4.69) is 14.7 Å². The normalized spacial score (nSPS) is 13.8. The van der Waals surface area contributed by atoms with Gasteiger partial charge in [0.1, 0.15) is 0 Å². The van der Waals surface area contributed by atoms with Crippen LogP contribution in [0, 0.1) is 0 Å². The second kappa shape index (κ2) is 5.16. The second-order valence-corrected chi connectivity index (χ2v) is 3.85. The van der Waals surface area contributed by atoms with Gasteiger partial charge >= 0.3 is 12.6 Å². The van der Waals surface area contributed by atoms with Crippen molar-refractivity contribution in [3.05, 3.63) is 47.1 Å². The fourth-order valence-electron chi connectivity index (χ4n) is 1.63. The summed E-state index contributed by atoms with van der Waals surface area (Å²) in [7, 11) is 0. The fraction of sp³-hybridized carbons (Fsp3) is 0.273. The lowest BCUT2D eigenvalue weighted by Crippen LogP contribution is -2.19. The Morgan fingerprint density at radius 3 is 2.35 bits per heavy atom. The molecular weight excluding hydrogens is 285 g/mol. The SMILES string of the molecule is NC(c1noc(C(F)F)n1)c1ccccc1C(F)(F)F. The molecule has 9 heteroatoms. The second-order valence-electron chi connectivity index (χ2n) is 3.85. The third-order valence-corrected chi connectivity index (χ3v) is 2.52. The van der Waals surface area contributed by atoms with Crippen LogP contribution in [-0.4, -0.2) is 10.1 Å². The van der Waals surface area contributed by atoms with Crippen LogP contribution in [0.15, 0.2) is 28.8 Å². The van der Waals surface area contributed by atoms with Crippen molar-refractivity contribution < 1.29 is 26.5 Å². The monoisotopic (exact) mass is 293 g/mol. The van der Waals surface area contributed by atoms with Crippen molar-refractivity contribution in [3.8, 4) is 0 Å². The molecule has 108 valence electrons. The molecule has 2 rings (SSSR count). The van der Waals surface area contributed by atoms with Crippen LogP contribution in [0.3, 0.4) is 0 Å². The van der Waals surface area contributed by atoms with Gasteiger partial charge in [0, 0.05) is 0 Å². The molecule has 0 saturated carbocycles. The number of nitrogens with zero attached hydrogens (tertiary/aromatic N) is 2. The molecule has 0 aliphatic carbocycles. The largest absolute Gasteiger partial charge is 0.416 e. The fourth-order valence-corrected chi connectivity index (χ4v) is 1.63. The van der Waals surface area contributed by atoms with E-state index in [0.29, 0.717) is 0 Å². The number of alkyl halides is 5. The molecule has 0 spiro atoms. The smallest absolute Gasteiger partial charge is 0.333 e. The van der Waals surface area contributed by atoms with Gasteiger partial charge in [-0.2, -0.15) is 26.9 Å². The number of aromatic nitrogens is 2. The minimum Gasteiger partial charge on any atom is -0.333 e. The maximum absolute atomic E-state index is 12.8. The third kappa shape index (κ3) is 2.77. The quantitative estimate of drug-likeness (QED) is 0.883. The van der Waals surface area contributed by atoms with Crippen molar-refractivity contribution in [2.45, 2.75) is 18.6 Å². The number of benzene rings is 1. The van der Waals surface area contributed by atoms with E-state index < -0.39 is 35.9 Å². The molecule has 1 heterocycles. The maximum Gasteiger partial charge on any atom is 0.416 e. The van der Waals surface area contributed by atoms with Crippen molar-refractivity contribution >= 4 is 0 Å². The highest BCUT2D eigenvalue weighted by Gasteiger charge is 2.35. The van der Waals surface area contributed by atoms with Crippen LogP contribution in [0.1, 0.15) is 35.3 Å². The van der Waals surface area contributed by atoms with Gasteiger partial charge in [-0.3, -0.25) is 0 Å². The molecule has 1 atom stereocenters.